The lowest BCUT2D eigenvalue weighted by molar-refractivity contribution is 0.0913. The summed E-state index contributed by atoms with van der Waals surface area (Å²) in [6.07, 6.45) is 10.2. The Morgan fingerprint density at radius 3 is 2.12 bits per heavy atom. The molecule has 0 aliphatic heterocycles. The molecule has 2 amide bonds. The Bertz CT molecular complexity index is 561. The van der Waals surface area contributed by atoms with Crippen LogP contribution in [-0.4, -0.2) is 36.7 Å². The summed E-state index contributed by atoms with van der Waals surface area (Å²) in [5, 5.41) is 0. The quantitative estimate of drug-likeness (QED) is 0.820. The van der Waals surface area contributed by atoms with Gasteiger partial charge in [-0.05, 0) is 68.7 Å². The molecule has 2 N–H and O–H groups in total. The molecule has 2 aliphatic carbocycles. The summed E-state index contributed by atoms with van der Waals surface area (Å²) in [4.78, 5) is 14.1. The number of methoxy groups -OCH3 is 1. The summed E-state index contributed by atoms with van der Waals surface area (Å²) < 4.78 is 11.1. The topological polar surface area (TPSA) is 64.8 Å². The molecule has 0 aromatic heterocycles. The molecule has 5 heteroatoms. The van der Waals surface area contributed by atoms with Gasteiger partial charge in [-0.25, -0.2) is 4.79 Å². The van der Waals surface area contributed by atoms with E-state index in [1.807, 2.05) is 29.2 Å². The van der Waals surface area contributed by atoms with Gasteiger partial charge in [0.05, 0.1) is 13.7 Å². The number of nitrogens with zero attached hydrogens (tertiary/aromatic N) is 1. The van der Waals surface area contributed by atoms with Gasteiger partial charge in [0.15, 0.2) is 0 Å². The average molecular weight is 360 g/mol. The summed E-state index contributed by atoms with van der Waals surface area (Å²) in [5.41, 5.74) is 5.74. The SMILES string of the molecule is COc1ccc(OCC2CCC(N(C(N)=O)C3CCCCC3)CC2)cc1. The van der Waals surface area contributed by atoms with Crippen molar-refractivity contribution in [1.29, 1.82) is 0 Å². The second kappa shape index (κ2) is 9.15. The minimum atomic E-state index is -0.227. The van der Waals surface area contributed by atoms with Crippen molar-refractivity contribution in [2.24, 2.45) is 11.7 Å². The Balaban J connectivity index is 1.47. The summed E-state index contributed by atoms with van der Waals surface area (Å²) in [6.45, 7) is 0.735. The van der Waals surface area contributed by atoms with Gasteiger partial charge < -0.3 is 20.1 Å². The molecule has 0 heterocycles. The molecule has 3 rings (SSSR count). The van der Waals surface area contributed by atoms with Crippen LogP contribution in [0.4, 0.5) is 4.79 Å². The van der Waals surface area contributed by atoms with Crippen molar-refractivity contribution in [3.05, 3.63) is 24.3 Å². The highest BCUT2D eigenvalue weighted by Gasteiger charge is 2.33. The minimum Gasteiger partial charge on any atom is -0.497 e. The Morgan fingerprint density at radius 2 is 1.54 bits per heavy atom. The van der Waals surface area contributed by atoms with Crippen molar-refractivity contribution in [1.82, 2.24) is 4.90 Å². The van der Waals surface area contributed by atoms with Crippen molar-refractivity contribution in [2.75, 3.05) is 13.7 Å². The van der Waals surface area contributed by atoms with Crippen LogP contribution in [0, 0.1) is 5.92 Å². The van der Waals surface area contributed by atoms with E-state index in [9.17, 15) is 4.79 Å². The van der Waals surface area contributed by atoms with Gasteiger partial charge in [-0.3, -0.25) is 0 Å². The molecule has 26 heavy (non-hydrogen) atoms. The normalized spacial score (nSPS) is 24.0. The number of rotatable bonds is 6. The number of hydrogen-bond acceptors (Lipinski definition) is 3. The number of nitrogens with two attached hydrogens (primary N) is 1. The van der Waals surface area contributed by atoms with Crippen molar-refractivity contribution in [3.8, 4) is 11.5 Å². The lowest BCUT2D eigenvalue weighted by Gasteiger charge is -2.42. The third kappa shape index (κ3) is 4.83. The molecule has 0 bridgehead atoms. The van der Waals surface area contributed by atoms with Gasteiger partial charge in [-0.2, -0.15) is 0 Å². The zero-order valence-electron chi connectivity index (χ0n) is 15.9. The number of carbonyl (C=O) groups excluding carboxylic acids is 1. The van der Waals surface area contributed by atoms with E-state index in [1.54, 1.807) is 7.11 Å². The van der Waals surface area contributed by atoms with E-state index >= 15 is 0 Å². The zero-order valence-corrected chi connectivity index (χ0v) is 15.9. The van der Waals surface area contributed by atoms with Crippen molar-refractivity contribution in [2.45, 2.75) is 69.9 Å². The lowest BCUT2D eigenvalue weighted by Crippen LogP contribution is -2.51. The zero-order chi connectivity index (χ0) is 18.4. The number of benzene rings is 1. The van der Waals surface area contributed by atoms with Crippen LogP contribution in [-0.2, 0) is 0 Å². The molecule has 2 fully saturated rings. The second-order valence-electron chi connectivity index (χ2n) is 7.70. The van der Waals surface area contributed by atoms with Crippen LogP contribution >= 0.6 is 0 Å². The van der Waals surface area contributed by atoms with E-state index < -0.39 is 0 Å². The predicted octanol–water partition coefficient (Wildman–Crippen LogP) is 4.35. The standard InChI is InChI=1S/C21H32N2O3/c1-25-19-11-13-20(14-12-19)26-15-16-7-9-18(10-8-16)23(21(22)24)17-5-3-2-4-6-17/h11-14,16-18H,2-10,15H2,1H3,(H2,22,24). The van der Waals surface area contributed by atoms with Gasteiger partial charge in [0.25, 0.3) is 0 Å². The minimum absolute atomic E-state index is 0.227. The first-order valence-corrected chi connectivity index (χ1v) is 10.0. The first-order valence-electron chi connectivity index (χ1n) is 10.0. The molecule has 144 valence electrons. The van der Waals surface area contributed by atoms with Crippen LogP contribution in [0.3, 0.4) is 0 Å². The van der Waals surface area contributed by atoms with Crippen LogP contribution in [0.15, 0.2) is 24.3 Å². The number of hydrogen-bond donors (Lipinski definition) is 1. The van der Waals surface area contributed by atoms with Crippen LogP contribution in [0.25, 0.3) is 0 Å². The number of carbonyl (C=O) groups is 1. The van der Waals surface area contributed by atoms with Gasteiger partial charge >= 0.3 is 6.03 Å². The second-order valence-corrected chi connectivity index (χ2v) is 7.70. The highest BCUT2D eigenvalue weighted by molar-refractivity contribution is 5.72. The number of ether oxygens (including phenoxy) is 2. The molecule has 0 spiro atoms. The van der Waals surface area contributed by atoms with Crippen molar-refractivity contribution >= 4 is 6.03 Å². The van der Waals surface area contributed by atoms with E-state index in [0.29, 0.717) is 18.0 Å². The van der Waals surface area contributed by atoms with Gasteiger partial charge in [0.1, 0.15) is 11.5 Å². The molecule has 2 aliphatic rings. The maximum absolute atomic E-state index is 12.1. The third-order valence-electron chi connectivity index (χ3n) is 5.98. The van der Waals surface area contributed by atoms with E-state index in [1.165, 1.54) is 19.3 Å². The summed E-state index contributed by atoms with van der Waals surface area (Å²) in [5.74, 6) is 2.27. The summed E-state index contributed by atoms with van der Waals surface area (Å²) in [6, 6.07) is 8.17. The lowest BCUT2D eigenvalue weighted by atomic mass is 9.84. The molecule has 0 radical (unpaired) electrons. The Morgan fingerprint density at radius 1 is 0.962 bits per heavy atom. The highest BCUT2D eigenvalue weighted by atomic mass is 16.5. The van der Waals surface area contributed by atoms with Gasteiger partial charge in [0, 0.05) is 12.1 Å². The first-order chi connectivity index (χ1) is 12.7. The number of primary amides is 1. The third-order valence-corrected chi connectivity index (χ3v) is 5.98. The Labute approximate surface area is 156 Å². The van der Waals surface area contributed by atoms with Crippen LogP contribution in [0.5, 0.6) is 11.5 Å². The van der Waals surface area contributed by atoms with Gasteiger partial charge in [0.2, 0.25) is 0 Å². The highest BCUT2D eigenvalue weighted by Crippen LogP contribution is 2.32. The van der Waals surface area contributed by atoms with Crippen molar-refractivity contribution < 1.29 is 14.3 Å². The summed E-state index contributed by atoms with van der Waals surface area (Å²) in [7, 11) is 1.66. The van der Waals surface area contributed by atoms with E-state index in [-0.39, 0.29) is 6.03 Å². The fraction of sp³-hybridized carbons (Fsp3) is 0.667. The van der Waals surface area contributed by atoms with Crippen LogP contribution in [0.2, 0.25) is 0 Å². The monoisotopic (exact) mass is 360 g/mol. The van der Waals surface area contributed by atoms with E-state index in [4.69, 9.17) is 15.2 Å². The Kier molecular flexibility index (Phi) is 6.64. The fourth-order valence-corrected chi connectivity index (χ4v) is 4.49. The molecular weight excluding hydrogens is 328 g/mol. The largest absolute Gasteiger partial charge is 0.497 e. The molecule has 0 atom stereocenters. The fourth-order valence-electron chi connectivity index (χ4n) is 4.49. The van der Waals surface area contributed by atoms with Gasteiger partial charge in [-0.1, -0.05) is 19.3 Å². The molecule has 0 unspecified atom stereocenters. The predicted molar refractivity (Wildman–Crippen MR) is 103 cm³/mol. The Hall–Kier alpha value is -1.91. The molecular formula is C21H32N2O3. The van der Waals surface area contributed by atoms with E-state index in [2.05, 4.69) is 0 Å². The summed E-state index contributed by atoms with van der Waals surface area (Å²) >= 11 is 0. The number of amides is 2. The maximum atomic E-state index is 12.1. The van der Waals surface area contributed by atoms with Crippen LogP contribution in [0.1, 0.15) is 57.8 Å². The first kappa shape index (κ1) is 18.9. The van der Waals surface area contributed by atoms with Gasteiger partial charge in [-0.15, -0.1) is 0 Å². The smallest absolute Gasteiger partial charge is 0.315 e. The van der Waals surface area contributed by atoms with Crippen LogP contribution < -0.4 is 15.2 Å². The average Bonchev–Trinajstić information content (AvgIpc) is 2.68. The molecule has 5 nitrogen and oxygen atoms in total. The molecule has 1 aromatic rings. The maximum Gasteiger partial charge on any atom is 0.315 e. The molecule has 2 saturated carbocycles. The number of urea groups is 1. The molecule has 0 saturated heterocycles. The van der Waals surface area contributed by atoms with E-state index in [0.717, 1.165) is 56.6 Å². The molecule has 1 aromatic carbocycles. The van der Waals surface area contributed by atoms with Crippen molar-refractivity contribution in [3.63, 3.8) is 0 Å².